The number of sulfone groups is 1. The maximum atomic E-state index is 12.4. The summed E-state index contributed by atoms with van der Waals surface area (Å²) in [5.41, 5.74) is 0.494. The van der Waals surface area contributed by atoms with Gasteiger partial charge in [-0.3, -0.25) is 9.59 Å². The van der Waals surface area contributed by atoms with E-state index < -0.39 is 9.84 Å². The summed E-state index contributed by atoms with van der Waals surface area (Å²) in [4.78, 5) is 26.2. The molecule has 124 valence electrons. The molecule has 0 unspecified atom stereocenters. The van der Waals surface area contributed by atoms with Crippen molar-refractivity contribution in [3.05, 3.63) is 34.9 Å². The molecule has 1 aliphatic rings. The number of hydrogen-bond donors (Lipinski definition) is 0. The molecule has 1 amide bonds. The lowest BCUT2D eigenvalue weighted by atomic mass is 10.3. The molecule has 1 saturated heterocycles. The highest BCUT2D eigenvalue weighted by atomic mass is 32.2. The molecule has 1 aliphatic heterocycles. The van der Waals surface area contributed by atoms with Gasteiger partial charge in [0.25, 0.3) is 5.56 Å². The van der Waals surface area contributed by atoms with Crippen LogP contribution in [-0.4, -0.2) is 53.0 Å². The molecule has 0 N–H and O–H groups in total. The number of pyridine rings is 1. The van der Waals surface area contributed by atoms with Gasteiger partial charge in [0, 0.05) is 50.9 Å². The molecule has 0 atom stereocenters. The van der Waals surface area contributed by atoms with E-state index in [-0.39, 0.29) is 42.5 Å². The molecular formula is C15H19N3O4S. The summed E-state index contributed by atoms with van der Waals surface area (Å²) in [5.74, 6) is -0.0686. The Hall–Kier alpha value is -2.09. The number of hydrogen-bond acceptors (Lipinski definition) is 4. The first-order chi connectivity index (χ1) is 10.9. The van der Waals surface area contributed by atoms with Gasteiger partial charge in [-0.2, -0.15) is 0 Å². The van der Waals surface area contributed by atoms with E-state index in [0.29, 0.717) is 12.1 Å². The Morgan fingerprint density at radius 2 is 1.83 bits per heavy atom. The van der Waals surface area contributed by atoms with Gasteiger partial charge in [-0.15, -0.1) is 0 Å². The fraction of sp³-hybridized carbons (Fsp3) is 0.467. The zero-order chi connectivity index (χ0) is 16.6. The van der Waals surface area contributed by atoms with E-state index in [2.05, 4.69) is 0 Å². The summed E-state index contributed by atoms with van der Waals surface area (Å²) in [6, 6.07) is 3.73. The van der Waals surface area contributed by atoms with Crippen molar-refractivity contribution >= 4 is 26.6 Å². The summed E-state index contributed by atoms with van der Waals surface area (Å²) in [6.07, 6.45) is 3.71. The maximum absolute atomic E-state index is 12.4. The molecule has 0 spiro atoms. The van der Waals surface area contributed by atoms with Crippen molar-refractivity contribution < 1.29 is 13.2 Å². The van der Waals surface area contributed by atoms with Crippen LogP contribution in [0.15, 0.2) is 29.3 Å². The van der Waals surface area contributed by atoms with Gasteiger partial charge in [0.1, 0.15) is 5.52 Å². The Balaban J connectivity index is 1.69. The molecule has 2 aromatic heterocycles. The van der Waals surface area contributed by atoms with E-state index in [1.165, 1.54) is 4.57 Å². The number of rotatable bonds is 3. The van der Waals surface area contributed by atoms with Crippen molar-refractivity contribution in [2.24, 2.45) is 7.05 Å². The van der Waals surface area contributed by atoms with E-state index in [1.54, 1.807) is 15.7 Å². The van der Waals surface area contributed by atoms with Crippen LogP contribution in [0.5, 0.6) is 0 Å². The zero-order valence-electron chi connectivity index (χ0n) is 12.9. The predicted octanol–water partition coefficient (Wildman–Crippen LogP) is -0.0129. The quantitative estimate of drug-likeness (QED) is 0.789. The SMILES string of the molecule is Cn1ccc2ccn(CCC(=O)N3CCS(=O)(=O)CC3)c(=O)c21. The highest BCUT2D eigenvalue weighted by Crippen LogP contribution is 2.10. The summed E-state index contributed by atoms with van der Waals surface area (Å²) >= 11 is 0. The molecule has 1 fully saturated rings. The number of amides is 1. The van der Waals surface area contributed by atoms with Crippen LogP contribution in [0.25, 0.3) is 10.9 Å². The van der Waals surface area contributed by atoms with E-state index >= 15 is 0 Å². The molecule has 0 saturated carbocycles. The van der Waals surface area contributed by atoms with Gasteiger partial charge in [0.2, 0.25) is 5.91 Å². The summed E-state index contributed by atoms with van der Waals surface area (Å²) in [6.45, 7) is 0.780. The summed E-state index contributed by atoms with van der Waals surface area (Å²) in [7, 11) is -1.18. The Labute approximate surface area is 134 Å². The van der Waals surface area contributed by atoms with Crippen molar-refractivity contribution in [3.63, 3.8) is 0 Å². The van der Waals surface area contributed by atoms with Crippen LogP contribution in [0.4, 0.5) is 0 Å². The van der Waals surface area contributed by atoms with E-state index in [9.17, 15) is 18.0 Å². The lowest BCUT2D eigenvalue weighted by molar-refractivity contribution is -0.131. The maximum Gasteiger partial charge on any atom is 0.275 e. The van der Waals surface area contributed by atoms with Gasteiger partial charge in [-0.05, 0) is 12.1 Å². The molecule has 2 aromatic rings. The first-order valence-corrected chi connectivity index (χ1v) is 9.32. The van der Waals surface area contributed by atoms with Crippen molar-refractivity contribution in [3.8, 4) is 0 Å². The van der Waals surface area contributed by atoms with Gasteiger partial charge in [0.05, 0.1) is 11.5 Å². The average Bonchev–Trinajstić information content (AvgIpc) is 2.88. The monoisotopic (exact) mass is 337 g/mol. The van der Waals surface area contributed by atoms with Crippen LogP contribution in [0.3, 0.4) is 0 Å². The van der Waals surface area contributed by atoms with Crippen LogP contribution < -0.4 is 5.56 Å². The van der Waals surface area contributed by atoms with E-state index in [1.807, 2.05) is 25.4 Å². The second-order valence-electron chi connectivity index (χ2n) is 5.83. The predicted molar refractivity (Wildman–Crippen MR) is 87.0 cm³/mol. The van der Waals surface area contributed by atoms with Gasteiger partial charge in [-0.1, -0.05) is 0 Å². The molecule has 0 radical (unpaired) electrons. The lowest BCUT2D eigenvalue weighted by Gasteiger charge is -2.26. The minimum atomic E-state index is -3.00. The second kappa shape index (κ2) is 5.84. The van der Waals surface area contributed by atoms with Crippen molar-refractivity contribution in [1.82, 2.24) is 14.0 Å². The van der Waals surface area contributed by atoms with Gasteiger partial charge in [-0.25, -0.2) is 8.42 Å². The van der Waals surface area contributed by atoms with Crippen LogP contribution in [-0.2, 0) is 28.2 Å². The minimum absolute atomic E-state index is 0.0218. The van der Waals surface area contributed by atoms with Gasteiger partial charge < -0.3 is 14.0 Å². The normalized spacial score (nSPS) is 17.5. The molecule has 8 heteroatoms. The third-order valence-electron chi connectivity index (χ3n) is 4.27. The molecule has 23 heavy (non-hydrogen) atoms. The molecule has 0 bridgehead atoms. The lowest BCUT2D eigenvalue weighted by Crippen LogP contribution is -2.44. The van der Waals surface area contributed by atoms with Crippen LogP contribution >= 0.6 is 0 Å². The smallest absolute Gasteiger partial charge is 0.275 e. The van der Waals surface area contributed by atoms with Crippen LogP contribution in [0.2, 0.25) is 0 Å². The Kier molecular flexibility index (Phi) is 4.01. The fourth-order valence-corrected chi connectivity index (χ4v) is 4.05. The highest BCUT2D eigenvalue weighted by molar-refractivity contribution is 7.91. The highest BCUT2D eigenvalue weighted by Gasteiger charge is 2.24. The Morgan fingerprint density at radius 1 is 1.17 bits per heavy atom. The van der Waals surface area contributed by atoms with Crippen LogP contribution in [0, 0.1) is 0 Å². The third kappa shape index (κ3) is 3.17. The van der Waals surface area contributed by atoms with E-state index in [4.69, 9.17) is 0 Å². The molecule has 0 aromatic carbocycles. The topological polar surface area (TPSA) is 81.4 Å². The fourth-order valence-electron chi connectivity index (χ4n) is 2.84. The molecular weight excluding hydrogens is 318 g/mol. The van der Waals surface area contributed by atoms with Crippen molar-refractivity contribution in [1.29, 1.82) is 0 Å². The Morgan fingerprint density at radius 3 is 2.52 bits per heavy atom. The second-order valence-corrected chi connectivity index (χ2v) is 8.13. The standard InChI is InChI=1S/C15H19N3O4S/c1-16-5-2-12-3-6-18(15(20)14(12)16)7-4-13(19)17-8-10-23(21,22)11-9-17/h2-3,5-6H,4,7-11H2,1H3. The first kappa shape index (κ1) is 15.8. The number of fused-ring (bicyclic) bond motifs is 1. The average molecular weight is 337 g/mol. The minimum Gasteiger partial charge on any atom is -0.346 e. The molecule has 3 heterocycles. The summed E-state index contributed by atoms with van der Waals surface area (Å²) in [5, 5.41) is 0.876. The Bertz CT molecular complexity index is 896. The van der Waals surface area contributed by atoms with Gasteiger partial charge in [0.15, 0.2) is 9.84 Å². The molecule has 7 nitrogen and oxygen atoms in total. The first-order valence-electron chi connectivity index (χ1n) is 7.50. The number of carbonyl (C=O) groups excluding carboxylic acids is 1. The van der Waals surface area contributed by atoms with Crippen LogP contribution in [0.1, 0.15) is 6.42 Å². The number of nitrogens with zero attached hydrogens (tertiary/aromatic N) is 3. The number of aryl methyl sites for hydroxylation is 2. The molecule has 0 aliphatic carbocycles. The van der Waals surface area contributed by atoms with Gasteiger partial charge >= 0.3 is 0 Å². The van der Waals surface area contributed by atoms with E-state index in [0.717, 1.165) is 5.39 Å². The summed E-state index contributed by atoms with van der Waals surface area (Å²) < 4.78 is 26.1. The van der Waals surface area contributed by atoms with Crippen molar-refractivity contribution in [2.75, 3.05) is 24.6 Å². The number of carbonyl (C=O) groups is 1. The third-order valence-corrected chi connectivity index (χ3v) is 5.87. The van der Waals surface area contributed by atoms with Crippen molar-refractivity contribution in [2.45, 2.75) is 13.0 Å². The zero-order valence-corrected chi connectivity index (χ0v) is 13.8. The number of aromatic nitrogens is 2. The largest absolute Gasteiger partial charge is 0.346 e. The molecule has 3 rings (SSSR count).